The van der Waals surface area contributed by atoms with Crippen molar-refractivity contribution in [3.05, 3.63) is 0 Å². The van der Waals surface area contributed by atoms with E-state index in [1.54, 1.807) is 0 Å². The Morgan fingerprint density at radius 1 is 1.14 bits per heavy atom. The van der Waals surface area contributed by atoms with Crippen LogP contribution in [0.1, 0.15) is 33.1 Å². The molecular formula is C11H25N2O. The Morgan fingerprint density at radius 3 is 2.07 bits per heavy atom. The van der Waals surface area contributed by atoms with Crippen molar-refractivity contribution in [1.82, 2.24) is 10.2 Å². The van der Waals surface area contributed by atoms with E-state index in [0.29, 0.717) is 0 Å². The largest absolute Gasteiger partial charge is 0.314 e. The van der Waals surface area contributed by atoms with E-state index in [4.69, 9.17) is 0 Å². The molecule has 0 aliphatic carbocycles. The maximum Gasteiger partial charge on any atom is 0.0822 e. The summed E-state index contributed by atoms with van der Waals surface area (Å²) in [6.07, 6.45) is 3.11. The minimum atomic E-state index is 0.105. The molecule has 1 aliphatic heterocycles. The maximum absolute atomic E-state index is 9.69. The van der Waals surface area contributed by atoms with Crippen LogP contribution in [0.5, 0.6) is 0 Å². The molecule has 0 aromatic carbocycles. The van der Waals surface area contributed by atoms with Crippen molar-refractivity contribution in [2.45, 2.75) is 33.1 Å². The Kier molecular flexibility index (Phi) is 10.9. The summed E-state index contributed by atoms with van der Waals surface area (Å²) in [5.41, 5.74) is 0. The van der Waals surface area contributed by atoms with Crippen LogP contribution in [-0.4, -0.2) is 44.2 Å². The van der Waals surface area contributed by atoms with E-state index in [0.717, 1.165) is 19.3 Å². The van der Waals surface area contributed by atoms with Gasteiger partial charge in [-0.25, -0.2) is 5.11 Å². The standard InChI is InChI=1S/C6H14N2.C5H11O/c1-2-8-5-3-7-4-6-8;1-2-3-4-5-6/h7H,2-6H2,1H3;2-5H2,1H3. The molecule has 0 spiro atoms. The van der Waals surface area contributed by atoms with Crippen LogP contribution in [0, 0.1) is 0 Å². The number of hydrogen-bond donors (Lipinski definition) is 1. The highest BCUT2D eigenvalue weighted by molar-refractivity contribution is 4.64. The van der Waals surface area contributed by atoms with Crippen LogP contribution in [0.2, 0.25) is 0 Å². The molecule has 3 nitrogen and oxygen atoms in total. The number of unbranched alkanes of at least 4 members (excludes halogenated alkanes) is 2. The molecule has 1 radical (unpaired) electrons. The molecule has 0 amide bonds. The summed E-state index contributed by atoms with van der Waals surface area (Å²) in [5.74, 6) is 0. The number of rotatable bonds is 4. The average Bonchev–Trinajstić information content (AvgIpc) is 2.28. The fourth-order valence-corrected chi connectivity index (χ4v) is 1.38. The van der Waals surface area contributed by atoms with Crippen LogP contribution < -0.4 is 5.32 Å². The molecule has 0 bridgehead atoms. The molecule has 1 fully saturated rings. The van der Waals surface area contributed by atoms with Gasteiger partial charge in [0.05, 0.1) is 6.61 Å². The first-order chi connectivity index (χ1) is 6.85. The van der Waals surface area contributed by atoms with Crippen LogP contribution >= 0.6 is 0 Å². The third-order valence-corrected chi connectivity index (χ3v) is 2.40. The molecule has 1 N–H and O–H groups in total. The maximum atomic E-state index is 9.69. The highest BCUT2D eigenvalue weighted by Crippen LogP contribution is 1.89. The van der Waals surface area contributed by atoms with Crippen LogP contribution in [0.25, 0.3) is 0 Å². The molecule has 1 aliphatic rings. The van der Waals surface area contributed by atoms with Crippen LogP contribution in [-0.2, 0) is 5.11 Å². The van der Waals surface area contributed by atoms with Gasteiger partial charge in [-0.2, -0.15) is 0 Å². The lowest BCUT2D eigenvalue weighted by Gasteiger charge is -2.25. The van der Waals surface area contributed by atoms with Gasteiger partial charge in [0.2, 0.25) is 0 Å². The summed E-state index contributed by atoms with van der Waals surface area (Å²) in [6.45, 7) is 10.4. The lowest BCUT2D eigenvalue weighted by Crippen LogP contribution is -2.43. The summed E-state index contributed by atoms with van der Waals surface area (Å²) in [6, 6.07) is 0. The SMILES string of the molecule is CCCCC[O].CCN1CCNCC1. The predicted molar refractivity (Wildman–Crippen MR) is 60.1 cm³/mol. The van der Waals surface area contributed by atoms with Gasteiger partial charge >= 0.3 is 0 Å². The minimum Gasteiger partial charge on any atom is -0.314 e. The summed E-state index contributed by atoms with van der Waals surface area (Å²) in [7, 11) is 0. The lowest BCUT2D eigenvalue weighted by atomic mass is 10.3. The quantitative estimate of drug-likeness (QED) is 0.700. The van der Waals surface area contributed by atoms with Crippen molar-refractivity contribution >= 4 is 0 Å². The molecule has 3 heteroatoms. The van der Waals surface area contributed by atoms with E-state index in [1.165, 1.54) is 32.7 Å². The van der Waals surface area contributed by atoms with E-state index in [2.05, 4.69) is 24.1 Å². The van der Waals surface area contributed by atoms with Gasteiger partial charge < -0.3 is 10.2 Å². The van der Waals surface area contributed by atoms with E-state index in [1.807, 2.05) is 0 Å². The summed E-state index contributed by atoms with van der Waals surface area (Å²) >= 11 is 0. The Labute approximate surface area is 88.5 Å². The van der Waals surface area contributed by atoms with Crippen molar-refractivity contribution < 1.29 is 5.11 Å². The summed E-state index contributed by atoms with van der Waals surface area (Å²) in [5, 5.41) is 13.0. The molecule has 85 valence electrons. The first kappa shape index (κ1) is 13.9. The van der Waals surface area contributed by atoms with Gasteiger partial charge in [-0.3, -0.25) is 0 Å². The van der Waals surface area contributed by atoms with Crippen molar-refractivity contribution in [2.24, 2.45) is 0 Å². The third-order valence-electron chi connectivity index (χ3n) is 2.40. The Bertz CT molecular complexity index is 99.5. The zero-order valence-corrected chi connectivity index (χ0v) is 9.72. The third kappa shape index (κ3) is 8.48. The van der Waals surface area contributed by atoms with Gasteiger partial charge in [0.25, 0.3) is 0 Å². The van der Waals surface area contributed by atoms with E-state index >= 15 is 0 Å². The van der Waals surface area contributed by atoms with Gasteiger partial charge in [-0.05, 0) is 13.0 Å². The fourth-order valence-electron chi connectivity index (χ4n) is 1.38. The van der Waals surface area contributed by atoms with E-state index < -0.39 is 0 Å². The predicted octanol–water partition coefficient (Wildman–Crippen LogP) is 1.52. The van der Waals surface area contributed by atoms with Gasteiger partial charge in [-0.1, -0.05) is 26.7 Å². The Hall–Kier alpha value is -0.120. The molecule has 14 heavy (non-hydrogen) atoms. The number of piperazine rings is 1. The van der Waals surface area contributed by atoms with Gasteiger partial charge in [-0.15, -0.1) is 0 Å². The molecule has 1 saturated heterocycles. The second-order valence-corrected chi connectivity index (χ2v) is 3.60. The summed E-state index contributed by atoms with van der Waals surface area (Å²) in [4.78, 5) is 2.45. The first-order valence-corrected chi connectivity index (χ1v) is 5.86. The normalized spacial score (nSPS) is 17.4. The van der Waals surface area contributed by atoms with Gasteiger partial charge in [0, 0.05) is 26.2 Å². The van der Waals surface area contributed by atoms with Gasteiger partial charge in [0.1, 0.15) is 0 Å². The van der Waals surface area contributed by atoms with Crippen LogP contribution in [0.4, 0.5) is 0 Å². The van der Waals surface area contributed by atoms with Crippen molar-refractivity contribution in [1.29, 1.82) is 0 Å². The topological polar surface area (TPSA) is 35.2 Å². The molecule has 1 heterocycles. The zero-order chi connectivity index (χ0) is 10.6. The van der Waals surface area contributed by atoms with E-state index in [9.17, 15) is 5.11 Å². The van der Waals surface area contributed by atoms with Crippen LogP contribution in [0.15, 0.2) is 0 Å². The second-order valence-electron chi connectivity index (χ2n) is 3.60. The molecule has 0 aromatic heterocycles. The number of likely N-dealkylation sites (N-methyl/N-ethyl adjacent to an activating group) is 1. The molecule has 0 saturated carbocycles. The monoisotopic (exact) mass is 201 g/mol. The fraction of sp³-hybridized carbons (Fsp3) is 1.00. The number of nitrogens with zero attached hydrogens (tertiary/aromatic N) is 1. The van der Waals surface area contributed by atoms with Gasteiger partial charge in [0.15, 0.2) is 0 Å². The molecule has 0 atom stereocenters. The second kappa shape index (κ2) is 11.0. The Morgan fingerprint density at radius 2 is 1.79 bits per heavy atom. The summed E-state index contributed by atoms with van der Waals surface area (Å²) < 4.78 is 0. The molecule has 1 rings (SSSR count). The smallest absolute Gasteiger partial charge is 0.0822 e. The zero-order valence-electron chi connectivity index (χ0n) is 9.72. The molecule has 0 unspecified atom stereocenters. The molecular weight excluding hydrogens is 176 g/mol. The molecule has 0 aromatic rings. The van der Waals surface area contributed by atoms with Crippen LogP contribution in [0.3, 0.4) is 0 Å². The highest BCUT2D eigenvalue weighted by atomic mass is 16.2. The minimum absolute atomic E-state index is 0.105. The average molecular weight is 201 g/mol. The number of hydrogen-bond acceptors (Lipinski definition) is 2. The Balaban J connectivity index is 0.000000255. The number of nitrogens with one attached hydrogen (secondary N) is 1. The van der Waals surface area contributed by atoms with Crippen molar-refractivity contribution in [2.75, 3.05) is 39.3 Å². The lowest BCUT2D eigenvalue weighted by molar-refractivity contribution is 0.186. The highest BCUT2D eigenvalue weighted by Gasteiger charge is 2.04. The first-order valence-electron chi connectivity index (χ1n) is 5.86. The van der Waals surface area contributed by atoms with Crippen molar-refractivity contribution in [3.8, 4) is 0 Å². The van der Waals surface area contributed by atoms with Crippen molar-refractivity contribution in [3.63, 3.8) is 0 Å². The van der Waals surface area contributed by atoms with E-state index in [-0.39, 0.29) is 6.61 Å².